The lowest BCUT2D eigenvalue weighted by Crippen LogP contribution is -2.12. The smallest absolute Gasteiger partial charge is 0.124 e. The van der Waals surface area contributed by atoms with Crippen LogP contribution in [0.5, 0.6) is 11.5 Å². The molecule has 3 N–H and O–H groups in total. The molecule has 0 amide bonds. The molecular formula is C16H16ClNO3. The number of nitrogens with zero attached hydrogens (tertiary/aromatic N) is 1. The topological polar surface area (TPSA) is 73.1 Å². The first-order valence-corrected chi connectivity index (χ1v) is 6.84. The molecule has 0 aliphatic heterocycles. The van der Waals surface area contributed by atoms with Crippen molar-refractivity contribution in [1.82, 2.24) is 0 Å². The van der Waals surface area contributed by atoms with Gasteiger partial charge in [0.05, 0.1) is 6.04 Å². The normalized spacial score (nSPS) is 14.2. The molecule has 0 unspecified atom stereocenters. The minimum absolute atomic E-state index is 0.0782. The van der Waals surface area contributed by atoms with Crippen LogP contribution in [-0.2, 0) is 0 Å². The molecule has 0 saturated heterocycles. The van der Waals surface area contributed by atoms with Crippen LogP contribution in [0.3, 0.4) is 0 Å². The van der Waals surface area contributed by atoms with E-state index in [4.69, 9.17) is 11.6 Å². The summed E-state index contributed by atoms with van der Waals surface area (Å²) in [5.41, 5.74) is 1.15. The van der Waals surface area contributed by atoms with Gasteiger partial charge in [0, 0.05) is 16.8 Å². The van der Waals surface area contributed by atoms with Crippen LogP contribution >= 0.6 is 11.6 Å². The third kappa shape index (κ3) is 3.97. The molecule has 2 atom stereocenters. The summed E-state index contributed by atoms with van der Waals surface area (Å²) >= 11 is 5.86. The summed E-state index contributed by atoms with van der Waals surface area (Å²) in [5, 5.41) is 29.6. The highest BCUT2D eigenvalue weighted by molar-refractivity contribution is 6.30. The lowest BCUT2D eigenvalue weighted by molar-refractivity contribution is 0.154. The molecule has 0 spiro atoms. The van der Waals surface area contributed by atoms with Gasteiger partial charge in [0.2, 0.25) is 0 Å². The van der Waals surface area contributed by atoms with Crippen LogP contribution in [0.1, 0.15) is 24.2 Å². The largest absolute Gasteiger partial charge is 0.508 e. The van der Waals surface area contributed by atoms with E-state index in [1.165, 1.54) is 24.4 Å². The molecule has 0 aliphatic rings. The van der Waals surface area contributed by atoms with Crippen LogP contribution in [0.15, 0.2) is 47.5 Å². The van der Waals surface area contributed by atoms with Gasteiger partial charge >= 0.3 is 0 Å². The first-order chi connectivity index (χ1) is 9.97. The highest BCUT2D eigenvalue weighted by Gasteiger charge is 2.15. The zero-order chi connectivity index (χ0) is 15.4. The fourth-order valence-electron chi connectivity index (χ4n) is 1.86. The Kier molecular flexibility index (Phi) is 4.83. The molecular weight excluding hydrogens is 290 g/mol. The number of halogens is 1. The quantitative estimate of drug-likeness (QED) is 0.759. The van der Waals surface area contributed by atoms with E-state index in [0.717, 1.165) is 0 Å². The Morgan fingerprint density at radius 1 is 1.10 bits per heavy atom. The SMILES string of the molecule is C[C@@H](N=Cc1cc(Cl)ccc1O)[C@@H](O)c1ccc(O)cc1. The van der Waals surface area contributed by atoms with Gasteiger partial charge in [-0.1, -0.05) is 23.7 Å². The zero-order valence-electron chi connectivity index (χ0n) is 11.4. The van der Waals surface area contributed by atoms with Crippen LogP contribution in [0.25, 0.3) is 0 Å². The predicted molar refractivity (Wildman–Crippen MR) is 83.2 cm³/mol. The maximum Gasteiger partial charge on any atom is 0.124 e. The lowest BCUT2D eigenvalue weighted by Gasteiger charge is -2.15. The maximum absolute atomic E-state index is 10.2. The van der Waals surface area contributed by atoms with Gasteiger partial charge in [-0.15, -0.1) is 0 Å². The predicted octanol–water partition coefficient (Wildman–Crippen LogP) is 3.29. The van der Waals surface area contributed by atoms with Crippen LogP contribution in [0.4, 0.5) is 0 Å². The van der Waals surface area contributed by atoms with Gasteiger partial charge in [-0.05, 0) is 42.8 Å². The summed E-state index contributed by atoms with van der Waals surface area (Å²) in [5.74, 6) is 0.223. The second-order valence-electron chi connectivity index (χ2n) is 4.76. The molecule has 0 fully saturated rings. The minimum atomic E-state index is -0.803. The number of rotatable bonds is 4. The molecule has 0 aromatic heterocycles. The van der Waals surface area contributed by atoms with E-state index in [2.05, 4.69) is 4.99 Å². The number of aliphatic imine (C=N–C) groups is 1. The second kappa shape index (κ2) is 6.61. The Morgan fingerprint density at radius 2 is 1.76 bits per heavy atom. The van der Waals surface area contributed by atoms with E-state index in [1.54, 1.807) is 31.2 Å². The fraction of sp³-hybridized carbons (Fsp3) is 0.188. The summed E-state index contributed by atoms with van der Waals surface area (Å²) in [7, 11) is 0. The molecule has 2 aromatic carbocycles. The van der Waals surface area contributed by atoms with Crippen molar-refractivity contribution in [2.24, 2.45) is 4.99 Å². The minimum Gasteiger partial charge on any atom is -0.508 e. The van der Waals surface area contributed by atoms with Crippen molar-refractivity contribution in [2.75, 3.05) is 0 Å². The number of aromatic hydroxyl groups is 2. The number of phenolic OH excluding ortho intramolecular Hbond substituents is 2. The molecule has 0 aliphatic carbocycles. The van der Waals surface area contributed by atoms with Crippen LogP contribution in [-0.4, -0.2) is 27.6 Å². The molecule has 2 rings (SSSR count). The monoisotopic (exact) mass is 305 g/mol. The van der Waals surface area contributed by atoms with Crippen molar-refractivity contribution in [3.8, 4) is 11.5 Å². The van der Waals surface area contributed by atoms with E-state index in [-0.39, 0.29) is 11.5 Å². The molecule has 0 bridgehead atoms. The van der Waals surface area contributed by atoms with Gasteiger partial charge in [-0.2, -0.15) is 0 Å². The first-order valence-electron chi connectivity index (χ1n) is 6.46. The second-order valence-corrected chi connectivity index (χ2v) is 5.19. The molecule has 0 saturated carbocycles. The lowest BCUT2D eigenvalue weighted by atomic mass is 10.0. The molecule has 110 valence electrons. The number of phenols is 2. The molecule has 0 heterocycles. The van der Waals surface area contributed by atoms with E-state index in [9.17, 15) is 15.3 Å². The third-order valence-corrected chi connectivity index (χ3v) is 3.36. The van der Waals surface area contributed by atoms with Gasteiger partial charge in [-0.25, -0.2) is 0 Å². The van der Waals surface area contributed by atoms with Gasteiger partial charge < -0.3 is 15.3 Å². The Labute approximate surface area is 128 Å². The van der Waals surface area contributed by atoms with Crippen LogP contribution < -0.4 is 0 Å². The number of aliphatic hydroxyl groups is 1. The number of hydrogen-bond acceptors (Lipinski definition) is 4. The number of aliphatic hydroxyl groups excluding tert-OH is 1. The Balaban J connectivity index is 2.13. The average molecular weight is 306 g/mol. The summed E-state index contributed by atoms with van der Waals surface area (Å²) in [4.78, 5) is 4.24. The standard InChI is InChI=1S/C16H16ClNO3/c1-10(16(21)11-2-5-14(19)6-3-11)18-9-12-8-13(17)4-7-15(12)20/h2-10,16,19-21H,1H3/t10-,16-/m1/s1. The molecule has 0 radical (unpaired) electrons. The summed E-state index contributed by atoms with van der Waals surface area (Å²) in [6, 6.07) is 10.6. The molecule has 21 heavy (non-hydrogen) atoms. The van der Waals surface area contributed by atoms with E-state index in [1.807, 2.05) is 0 Å². The zero-order valence-corrected chi connectivity index (χ0v) is 12.2. The van der Waals surface area contributed by atoms with Gasteiger partial charge in [0.15, 0.2) is 0 Å². The number of benzene rings is 2. The van der Waals surface area contributed by atoms with Crippen molar-refractivity contribution in [3.63, 3.8) is 0 Å². The molecule has 5 heteroatoms. The summed E-state index contributed by atoms with van der Waals surface area (Å²) in [6.07, 6.45) is 0.679. The Bertz CT molecular complexity index is 640. The highest BCUT2D eigenvalue weighted by Crippen LogP contribution is 2.23. The summed E-state index contributed by atoms with van der Waals surface area (Å²) in [6.45, 7) is 1.76. The fourth-order valence-corrected chi connectivity index (χ4v) is 2.04. The van der Waals surface area contributed by atoms with Crippen LogP contribution in [0, 0.1) is 0 Å². The number of hydrogen-bond donors (Lipinski definition) is 3. The average Bonchev–Trinajstić information content (AvgIpc) is 2.48. The molecule has 4 nitrogen and oxygen atoms in total. The Morgan fingerprint density at radius 3 is 2.43 bits per heavy atom. The highest BCUT2D eigenvalue weighted by atomic mass is 35.5. The van der Waals surface area contributed by atoms with Gasteiger partial charge in [-0.3, -0.25) is 4.99 Å². The Hall–Kier alpha value is -2.04. The van der Waals surface area contributed by atoms with Crippen molar-refractivity contribution in [1.29, 1.82) is 0 Å². The van der Waals surface area contributed by atoms with E-state index < -0.39 is 12.1 Å². The molecule has 2 aromatic rings. The van der Waals surface area contributed by atoms with Gasteiger partial charge in [0.1, 0.15) is 17.6 Å². The van der Waals surface area contributed by atoms with Gasteiger partial charge in [0.25, 0.3) is 0 Å². The third-order valence-electron chi connectivity index (χ3n) is 3.13. The first kappa shape index (κ1) is 15.4. The van der Waals surface area contributed by atoms with E-state index >= 15 is 0 Å². The summed E-state index contributed by atoms with van der Waals surface area (Å²) < 4.78 is 0. The van der Waals surface area contributed by atoms with Crippen LogP contribution in [0.2, 0.25) is 5.02 Å². The van der Waals surface area contributed by atoms with Crippen molar-refractivity contribution in [3.05, 3.63) is 58.6 Å². The van der Waals surface area contributed by atoms with Crippen molar-refractivity contribution in [2.45, 2.75) is 19.1 Å². The van der Waals surface area contributed by atoms with E-state index in [0.29, 0.717) is 16.1 Å². The maximum atomic E-state index is 10.2. The van der Waals surface area contributed by atoms with Crippen molar-refractivity contribution >= 4 is 17.8 Å². The van der Waals surface area contributed by atoms with Crippen molar-refractivity contribution < 1.29 is 15.3 Å².